The first-order valence-electron chi connectivity index (χ1n) is 19.4. The number of rotatable bonds is 33. The van der Waals surface area contributed by atoms with Gasteiger partial charge in [-0.2, -0.15) is 0 Å². The number of aryl methyl sites for hydroxylation is 2. The van der Waals surface area contributed by atoms with Gasteiger partial charge in [-0.15, -0.1) is 5.10 Å². The molecule has 0 spiro atoms. The van der Waals surface area contributed by atoms with Crippen LogP contribution in [0.1, 0.15) is 200 Å². The Bertz CT molecular complexity index is 753. The summed E-state index contributed by atoms with van der Waals surface area (Å²) in [6.45, 7) is 10.8. The minimum Gasteiger partial charge on any atom is -0.378 e. The predicted octanol–water partition coefficient (Wildman–Crippen LogP) is 10.9. The molecule has 2 unspecified atom stereocenters. The van der Waals surface area contributed by atoms with Gasteiger partial charge in [-0.05, 0) is 57.8 Å². The molecule has 0 aliphatic rings. The molecule has 6 nitrogen and oxygen atoms in total. The minimum atomic E-state index is 0.242. The van der Waals surface area contributed by atoms with E-state index >= 15 is 0 Å². The second-order valence-electron chi connectivity index (χ2n) is 13.4. The van der Waals surface area contributed by atoms with E-state index in [1.165, 1.54) is 116 Å². The molecule has 0 aliphatic heterocycles. The molecule has 0 fully saturated rings. The van der Waals surface area contributed by atoms with Crippen LogP contribution in [-0.4, -0.2) is 39.7 Å². The summed E-state index contributed by atoms with van der Waals surface area (Å²) in [6, 6.07) is 0.364. The number of carbonyl (C=O) groups is 1. The van der Waals surface area contributed by atoms with Crippen LogP contribution in [0.5, 0.6) is 0 Å². The number of nitrogens with one attached hydrogen (secondary N) is 1. The van der Waals surface area contributed by atoms with E-state index in [2.05, 4.69) is 49.5 Å². The third kappa shape index (κ3) is 23.9. The van der Waals surface area contributed by atoms with Crippen molar-refractivity contribution in [3.05, 3.63) is 11.9 Å². The molecule has 44 heavy (non-hydrogen) atoms. The summed E-state index contributed by atoms with van der Waals surface area (Å²) >= 11 is 0. The van der Waals surface area contributed by atoms with Gasteiger partial charge in [0, 0.05) is 31.8 Å². The first-order chi connectivity index (χ1) is 21.6. The smallest absolute Gasteiger partial charge is 0.220 e. The molecule has 1 N–H and O–H groups in total. The molecule has 258 valence electrons. The standard InChI is InChI=1S/C38H74N4O2/c1-5-9-13-15-20-27-35(26-18-11-7-3)39-38(43)31-22-17-24-32-42-34-36(40-41-42)28-23-25-33-44-37(29-19-12-8-4)30-21-16-14-10-6-2/h34-35,37H,5-33H2,1-4H3,(H,39,43). The average molecular weight is 619 g/mol. The normalized spacial score (nSPS) is 12.9. The summed E-state index contributed by atoms with van der Waals surface area (Å²) < 4.78 is 8.32. The maximum absolute atomic E-state index is 12.6. The molecule has 0 aromatic carbocycles. The fraction of sp³-hybridized carbons (Fsp3) is 0.921. The molecule has 1 heterocycles. The van der Waals surface area contributed by atoms with E-state index in [9.17, 15) is 4.79 Å². The number of ether oxygens (including phenoxy) is 1. The number of hydrogen-bond donors (Lipinski definition) is 1. The SMILES string of the molecule is CCCCCCCC(CCCCC)NC(=O)CCCCCn1cc(CCCCOC(CCCCC)CCCCCCC)nn1. The number of hydrogen-bond acceptors (Lipinski definition) is 4. The van der Waals surface area contributed by atoms with Crippen LogP contribution in [0, 0.1) is 0 Å². The topological polar surface area (TPSA) is 69.0 Å². The van der Waals surface area contributed by atoms with Crippen LogP contribution in [0.3, 0.4) is 0 Å². The van der Waals surface area contributed by atoms with E-state index < -0.39 is 0 Å². The van der Waals surface area contributed by atoms with E-state index in [4.69, 9.17) is 4.74 Å². The van der Waals surface area contributed by atoms with Gasteiger partial charge < -0.3 is 10.1 Å². The summed E-state index contributed by atoms with van der Waals surface area (Å²) in [7, 11) is 0. The van der Waals surface area contributed by atoms with Crippen LogP contribution in [0.15, 0.2) is 6.20 Å². The largest absolute Gasteiger partial charge is 0.378 e. The highest BCUT2D eigenvalue weighted by Gasteiger charge is 2.12. The minimum absolute atomic E-state index is 0.242. The summed E-state index contributed by atoms with van der Waals surface area (Å²) in [5, 5.41) is 12.1. The third-order valence-corrected chi connectivity index (χ3v) is 8.99. The lowest BCUT2D eigenvalue weighted by Crippen LogP contribution is -2.34. The number of aromatic nitrogens is 3. The van der Waals surface area contributed by atoms with Gasteiger partial charge in [0.15, 0.2) is 0 Å². The molecular formula is C38H74N4O2. The Balaban J connectivity index is 2.20. The Morgan fingerprint density at radius 3 is 1.89 bits per heavy atom. The van der Waals surface area contributed by atoms with E-state index in [0.717, 1.165) is 70.2 Å². The van der Waals surface area contributed by atoms with Gasteiger partial charge in [0.2, 0.25) is 5.91 Å². The van der Waals surface area contributed by atoms with Crippen molar-refractivity contribution in [2.45, 2.75) is 220 Å². The van der Waals surface area contributed by atoms with Crippen LogP contribution >= 0.6 is 0 Å². The first-order valence-corrected chi connectivity index (χ1v) is 19.4. The van der Waals surface area contributed by atoms with Gasteiger partial charge in [0.25, 0.3) is 0 Å². The number of amides is 1. The Hall–Kier alpha value is -1.43. The summed E-state index contributed by atoms with van der Waals surface area (Å²) in [5.74, 6) is 0.242. The molecule has 0 bridgehead atoms. The summed E-state index contributed by atoms with van der Waals surface area (Å²) in [4.78, 5) is 12.6. The van der Waals surface area contributed by atoms with Crippen LogP contribution in [0.2, 0.25) is 0 Å². The average Bonchev–Trinajstić information content (AvgIpc) is 3.47. The van der Waals surface area contributed by atoms with Crippen molar-refractivity contribution in [2.24, 2.45) is 0 Å². The van der Waals surface area contributed by atoms with Gasteiger partial charge >= 0.3 is 0 Å². The van der Waals surface area contributed by atoms with E-state index in [-0.39, 0.29) is 5.91 Å². The molecule has 2 atom stereocenters. The van der Waals surface area contributed by atoms with Gasteiger partial charge in [-0.25, -0.2) is 0 Å². The molecule has 1 rings (SSSR count). The lowest BCUT2D eigenvalue weighted by Gasteiger charge is -2.19. The van der Waals surface area contributed by atoms with Crippen LogP contribution < -0.4 is 5.32 Å². The Morgan fingerprint density at radius 1 is 0.682 bits per heavy atom. The maximum atomic E-state index is 12.6. The number of unbranched alkanes of at least 4 members (excludes halogenated alkanes) is 15. The van der Waals surface area contributed by atoms with Crippen molar-refractivity contribution in [3.63, 3.8) is 0 Å². The van der Waals surface area contributed by atoms with Crippen molar-refractivity contribution in [3.8, 4) is 0 Å². The molecule has 1 amide bonds. The zero-order valence-electron chi connectivity index (χ0n) is 29.9. The molecule has 1 aromatic heterocycles. The maximum Gasteiger partial charge on any atom is 0.220 e. The van der Waals surface area contributed by atoms with Crippen molar-refractivity contribution in [1.29, 1.82) is 0 Å². The highest BCUT2D eigenvalue weighted by Crippen LogP contribution is 2.17. The van der Waals surface area contributed by atoms with Crippen LogP contribution in [-0.2, 0) is 22.5 Å². The summed E-state index contributed by atoms with van der Waals surface area (Å²) in [5.41, 5.74) is 1.09. The second kappa shape index (κ2) is 30.2. The van der Waals surface area contributed by atoms with Gasteiger partial charge in [-0.1, -0.05) is 142 Å². The van der Waals surface area contributed by atoms with Crippen molar-refractivity contribution < 1.29 is 9.53 Å². The fourth-order valence-corrected chi connectivity index (χ4v) is 6.09. The highest BCUT2D eigenvalue weighted by molar-refractivity contribution is 5.76. The molecule has 0 radical (unpaired) electrons. The number of nitrogens with zero attached hydrogens (tertiary/aromatic N) is 3. The molecule has 0 aliphatic carbocycles. The Labute approximate surface area is 273 Å². The van der Waals surface area contributed by atoms with E-state index in [0.29, 0.717) is 18.6 Å². The molecule has 6 heteroatoms. The molecule has 0 saturated heterocycles. The molecule has 1 aromatic rings. The summed E-state index contributed by atoms with van der Waals surface area (Å²) in [6.07, 6.45) is 34.9. The molecule has 0 saturated carbocycles. The number of carbonyl (C=O) groups excluding carboxylic acids is 1. The zero-order valence-corrected chi connectivity index (χ0v) is 29.9. The first kappa shape index (κ1) is 40.6. The van der Waals surface area contributed by atoms with Gasteiger partial charge in [-0.3, -0.25) is 9.48 Å². The lowest BCUT2D eigenvalue weighted by atomic mass is 10.0. The van der Waals surface area contributed by atoms with E-state index in [1.54, 1.807) is 0 Å². The van der Waals surface area contributed by atoms with Crippen molar-refractivity contribution >= 4 is 5.91 Å². The van der Waals surface area contributed by atoms with E-state index in [1.807, 2.05) is 4.68 Å². The van der Waals surface area contributed by atoms with Crippen molar-refractivity contribution in [1.82, 2.24) is 20.3 Å². The van der Waals surface area contributed by atoms with Gasteiger partial charge in [0.05, 0.1) is 11.8 Å². The zero-order chi connectivity index (χ0) is 31.9. The lowest BCUT2D eigenvalue weighted by molar-refractivity contribution is -0.122. The Kier molecular flexibility index (Phi) is 27.9. The van der Waals surface area contributed by atoms with Crippen molar-refractivity contribution in [2.75, 3.05) is 6.61 Å². The monoisotopic (exact) mass is 619 g/mol. The Morgan fingerprint density at radius 2 is 1.23 bits per heavy atom. The van der Waals surface area contributed by atoms with Crippen LogP contribution in [0.25, 0.3) is 0 Å². The quantitative estimate of drug-likeness (QED) is 0.0796. The predicted molar refractivity (Wildman–Crippen MR) is 188 cm³/mol. The third-order valence-electron chi connectivity index (χ3n) is 8.99. The highest BCUT2D eigenvalue weighted by atomic mass is 16.5. The second-order valence-corrected chi connectivity index (χ2v) is 13.4. The fourth-order valence-electron chi connectivity index (χ4n) is 6.09. The van der Waals surface area contributed by atoms with Crippen LogP contribution in [0.4, 0.5) is 0 Å². The molecular weight excluding hydrogens is 544 g/mol. The van der Waals surface area contributed by atoms with Gasteiger partial charge in [0.1, 0.15) is 0 Å².